The summed E-state index contributed by atoms with van der Waals surface area (Å²) in [5.41, 5.74) is 7.33. The van der Waals surface area contributed by atoms with Crippen molar-refractivity contribution in [1.29, 1.82) is 0 Å². The number of hydrogen-bond donors (Lipinski definition) is 2. The highest BCUT2D eigenvalue weighted by molar-refractivity contribution is 7.99. The van der Waals surface area contributed by atoms with Gasteiger partial charge in [-0.05, 0) is 18.9 Å². The fourth-order valence-corrected chi connectivity index (χ4v) is 3.83. The molecule has 25 heavy (non-hydrogen) atoms. The van der Waals surface area contributed by atoms with E-state index in [-0.39, 0.29) is 17.8 Å². The van der Waals surface area contributed by atoms with Crippen molar-refractivity contribution in [3.8, 4) is 11.4 Å². The Kier molecular flexibility index (Phi) is 4.46. The third-order valence-corrected chi connectivity index (χ3v) is 5.29. The second-order valence-corrected chi connectivity index (χ2v) is 7.00. The van der Waals surface area contributed by atoms with Crippen LogP contribution in [0, 0.1) is 0 Å². The van der Waals surface area contributed by atoms with Gasteiger partial charge in [0.2, 0.25) is 5.91 Å². The molecule has 8 heteroatoms. The molecule has 3 aromatic rings. The Morgan fingerprint density at radius 1 is 1.40 bits per heavy atom. The third kappa shape index (κ3) is 3.27. The first-order valence-electron chi connectivity index (χ1n) is 8.25. The molecule has 1 aliphatic heterocycles. The fourth-order valence-electron chi connectivity index (χ4n) is 3.14. The number of fused-ring (bicyclic) bond motifs is 1. The molecule has 1 unspecified atom stereocenters. The second kappa shape index (κ2) is 6.89. The molecular formula is C17H19N5O2S. The summed E-state index contributed by atoms with van der Waals surface area (Å²) < 4.78 is 7.82. The van der Waals surface area contributed by atoms with Gasteiger partial charge < -0.3 is 15.5 Å². The number of H-pyrrole nitrogens is 1. The van der Waals surface area contributed by atoms with E-state index >= 15 is 0 Å². The maximum absolute atomic E-state index is 11.2. The highest BCUT2D eigenvalue weighted by atomic mass is 32.2. The van der Waals surface area contributed by atoms with Gasteiger partial charge in [-0.15, -0.1) is 10.2 Å². The monoisotopic (exact) mass is 357 g/mol. The van der Waals surface area contributed by atoms with Crippen LogP contribution in [0.5, 0.6) is 0 Å². The molecule has 0 aliphatic carbocycles. The summed E-state index contributed by atoms with van der Waals surface area (Å²) in [7, 11) is 0. The first-order valence-corrected chi connectivity index (χ1v) is 9.23. The number of nitrogens with two attached hydrogens (primary N) is 1. The summed E-state index contributed by atoms with van der Waals surface area (Å²) >= 11 is 1.31. The standard InChI is InChI=1S/C17H19N5O2S/c18-15(23)10-25-17-21-20-16(22(17)9-11-4-3-7-24-11)13-8-19-14-6-2-1-5-12(13)14/h1-2,5-6,8,11,19H,3-4,7,9-10H2,(H2,18,23). The van der Waals surface area contributed by atoms with Gasteiger partial charge >= 0.3 is 0 Å². The number of carbonyl (C=O) groups excluding carboxylic acids is 1. The number of carbonyl (C=O) groups is 1. The normalized spacial score (nSPS) is 17.4. The van der Waals surface area contributed by atoms with E-state index in [0.29, 0.717) is 11.7 Å². The van der Waals surface area contributed by atoms with Crippen LogP contribution in [0.3, 0.4) is 0 Å². The van der Waals surface area contributed by atoms with Gasteiger partial charge in [0.05, 0.1) is 18.4 Å². The summed E-state index contributed by atoms with van der Waals surface area (Å²) in [6, 6.07) is 8.09. The summed E-state index contributed by atoms with van der Waals surface area (Å²) in [6.07, 6.45) is 4.18. The van der Waals surface area contributed by atoms with Gasteiger partial charge in [-0.2, -0.15) is 0 Å². The number of aromatic amines is 1. The molecule has 2 aromatic heterocycles. The number of amides is 1. The minimum absolute atomic E-state index is 0.146. The molecule has 0 spiro atoms. The van der Waals surface area contributed by atoms with Crippen LogP contribution < -0.4 is 5.73 Å². The van der Waals surface area contributed by atoms with Gasteiger partial charge in [0.25, 0.3) is 0 Å². The molecule has 3 N–H and O–H groups in total. The third-order valence-electron chi connectivity index (χ3n) is 4.30. The lowest BCUT2D eigenvalue weighted by Crippen LogP contribution is -2.18. The molecule has 1 amide bonds. The minimum Gasteiger partial charge on any atom is -0.376 e. The molecule has 3 heterocycles. The van der Waals surface area contributed by atoms with Crippen molar-refractivity contribution in [3.63, 3.8) is 0 Å². The zero-order valence-electron chi connectivity index (χ0n) is 13.6. The van der Waals surface area contributed by atoms with Crippen molar-refractivity contribution < 1.29 is 9.53 Å². The molecule has 0 saturated carbocycles. The molecule has 1 atom stereocenters. The highest BCUT2D eigenvalue weighted by Gasteiger charge is 2.23. The van der Waals surface area contributed by atoms with Crippen LogP contribution in [0.25, 0.3) is 22.3 Å². The molecule has 1 saturated heterocycles. The molecular weight excluding hydrogens is 338 g/mol. The first kappa shape index (κ1) is 16.2. The number of nitrogens with zero attached hydrogens (tertiary/aromatic N) is 3. The molecule has 0 bridgehead atoms. The molecule has 1 fully saturated rings. The van der Waals surface area contributed by atoms with E-state index in [1.54, 1.807) is 0 Å². The van der Waals surface area contributed by atoms with E-state index in [1.165, 1.54) is 11.8 Å². The molecule has 1 aliphatic rings. The van der Waals surface area contributed by atoms with Crippen molar-refractivity contribution in [2.75, 3.05) is 12.4 Å². The number of aromatic nitrogens is 4. The Bertz CT molecular complexity index is 897. The van der Waals surface area contributed by atoms with Crippen LogP contribution in [0.2, 0.25) is 0 Å². The largest absolute Gasteiger partial charge is 0.376 e. The van der Waals surface area contributed by atoms with E-state index < -0.39 is 0 Å². The second-order valence-electron chi connectivity index (χ2n) is 6.05. The van der Waals surface area contributed by atoms with E-state index in [1.807, 2.05) is 29.0 Å². The average Bonchev–Trinajstić information content (AvgIpc) is 3.33. The van der Waals surface area contributed by atoms with Crippen molar-refractivity contribution in [3.05, 3.63) is 30.5 Å². The van der Waals surface area contributed by atoms with Crippen LogP contribution in [0.15, 0.2) is 35.6 Å². The van der Waals surface area contributed by atoms with Crippen LogP contribution in [0.4, 0.5) is 0 Å². The van der Waals surface area contributed by atoms with E-state index in [4.69, 9.17) is 10.5 Å². The lowest BCUT2D eigenvalue weighted by Gasteiger charge is -2.14. The van der Waals surface area contributed by atoms with Gasteiger partial charge in [-0.3, -0.25) is 9.36 Å². The maximum Gasteiger partial charge on any atom is 0.227 e. The number of thioether (sulfide) groups is 1. The quantitative estimate of drug-likeness (QED) is 0.659. The number of hydrogen-bond acceptors (Lipinski definition) is 5. The SMILES string of the molecule is NC(=O)CSc1nnc(-c2c[nH]c3ccccc23)n1CC1CCCO1. The van der Waals surface area contributed by atoms with Crippen molar-refractivity contribution >= 4 is 28.6 Å². The molecule has 4 rings (SSSR count). The van der Waals surface area contributed by atoms with Gasteiger partial charge in [-0.1, -0.05) is 30.0 Å². The summed E-state index contributed by atoms with van der Waals surface area (Å²) in [5.74, 6) is 0.586. The van der Waals surface area contributed by atoms with Gasteiger partial charge in [0.1, 0.15) is 0 Å². The van der Waals surface area contributed by atoms with Crippen LogP contribution in [-0.4, -0.2) is 44.1 Å². The number of benzene rings is 1. The topological polar surface area (TPSA) is 98.8 Å². The summed E-state index contributed by atoms with van der Waals surface area (Å²) in [4.78, 5) is 14.4. The number of ether oxygens (including phenoxy) is 1. The highest BCUT2D eigenvalue weighted by Crippen LogP contribution is 2.31. The summed E-state index contributed by atoms with van der Waals surface area (Å²) in [5, 5.41) is 10.5. The predicted molar refractivity (Wildman–Crippen MR) is 96.2 cm³/mol. The molecule has 1 aromatic carbocycles. The maximum atomic E-state index is 11.2. The Labute approximate surface area is 148 Å². The number of primary amides is 1. The Morgan fingerprint density at radius 3 is 3.08 bits per heavy atom. The average molecular weight is 357 g/mol. The van der Waals surface area contributed by atoms with E-state index in [0.717, 1.165) is 41.7 Å². The van der Waals surface area contributed by atoms with E-state index in [9.17, 15) is 4.79 Å². The minimum atomic E-state index is -0.370. The van der Waals surface area contributed by atoms with Crippen LogP contribution in [0.1, 0.15) is 12.8 Å². The summed E-state index contributed by atoms with van der Waals surface area (Å²) in [6.45, 7) is 1.46. The number of nitrogens with one attached hydrogen (secondary N) is 1. The lowest BCUT2D eigenvalue weighted by atomic mass is 10.1. The Morgan fingerprint density at radius 2 is 2.28 bits per heavy atom. The van der Waals surface area contributed by atoms with Gasteiger partial charge in [0, 0.05) is 29.3 Å². The lowest BCUT2D eigenvalue weighted by molar-refractivity contribution is -0.115. The van der Waals surface area contributed by atoms with Crippen molar-refractivity contribution in [2.24, 2.45) is 5.73 Å². The zero-order chi connectivity index (χ0) is 17.2. The molecule has 0 radical (unpaired) electrons. The number of rotatable bonds is 6. The fraction of sp³-hybridized carbons (Fsp3) is 0.353. The Hall–Kier alpha value is -2.32. The van der Waals surface area contributed by atoms with Crippen molar-refractivity contribution in [1.82, 2.24) is 19.7 Å². The van der Waals surface area contributed by atoms with Gasteiger partial charge in [0.15, 0.2) is 11.0 Å². The van der Waals surface area contributed by atoms with Gasteiger partial charge in [-0.25, -0.2) is 0 Å². The van der Waals surface area contributed by atoms with Crippen molar-refractivity contribution in [2.45, 2.75) is 30.6 Å². The smallest absolute Gasteiger partial charge is 0.227 e. The number of para-hydroxylation sites is 1. The molecule has 130 valence electrons. The molecule has 7 nitrogen and oxygen atoms in total. The Balaban J connectivity index is 1.74. The van der Waals surface area contributed by atoms with Crippen LogP contribution >= 0.6 is 11.8 Å². The zero-order valence-corrected chi connectivity index (χ0v) is 14.5. The van der Waals surface area contributed by atoms with Crippen LogP contribution in [-0.2, 0) is 16.1 Å². The van der Waals surface area contributed by atoms with E-state index in [2.05, 4.69) is 21.2 Å². The predicted octanol–water partition coefficient (Wildman–Crippen LogP) is 2.18. The first-order chi connectivity index (χ1) is 12.2.